The van der Waals surface area contributed by atoms with Gasteiger partial charge in [0.25, 0.3) is 0 Å². The molecule has 17 heavy (non-hydrogen) atoms. The molecule has 2 N–H and O–H groups in total. The lowest BCUT2D eigenvalue weighted by Gasteiger charge is -2.09. The monoisotopic (exact) mass is 240 g/mol. The number of nitro groups is 1. The van der Waals surface area contributed by atoms with Crippen molar-refractivity contribution in [3.63, 3.8) is 0 Å². The van der Waals surface area contributed by atoms with E-state index in [1.807, 2.05) is 6.92 Å². The molecule has 6 heteroatoms. The van der Waals surface area contributed by atoms with Crippen molar-refractivity contribution in [1.82, 2.24) is 0 Å². The summed E-state index contributed by atoms with van der Waals surface area (Å²) in [6.45, 7) is 2.90. The van der Waals surface area contributed by atoms with Crippen molar-refractivity contribution in [2.45, 2.75) is 13.3 Å². The molecule has 0 saturated heterocycles. The molecule has 0 radical (unpaired) electrons. The molecule has 1 aromatic rings. The molecule has 0 atom stereocenters. The summed E-state index contributed by atoms with van der Waals surface area (Å²) in [7, 11) is 0. The smallest absolute Gasteiger partial charge is 0.352 e. The van der Waals surface area contributed by atoms with Crippen molar-refractivity contribution in [3.05, 3.63) is 28.3 Å². The van der Waals surface area contributed by atoms with E-state index in [0.717, 1.165) is 6.42 Å². The lowest BCUT2D eigenvalue weighted by atomic mass is 10.2. The minimum atomic E-state index is -0.503. The molecule has 0 bridgehead atoms. The molecule has 0 aliphatic rings. The van der Waals surface area contributed by atoms with E-state index in [2.05, 4.69) is 0 Å². The summed E-state index contributed by atoms with van der Waals surface area (Å²) in [6.07, 6.45) is 0.783. The van der Waals surface area contributed by atoms with Gasteiger partial charge in [0, 0.05) is 6.54 Å². The molecule has 0 fully saturated rings. The molecule has 0 unspecified atom stereocenters. The molecular weight excluding hydrogens is 224 g/mol. The number of nitro benzene ring substituents is 1. The first kappa shape index (κ1) is 13.2. The average molecular weight is 240 g/mol. The van der Waals surface area contributed by atoms with E-state index in [9.17, 15) is 10.1 Å². The normalized spacial score (nSPS) is 10.0. The van der Waals surface area contributed by atoms with Gasteiger partial charge in [-0.05, 0) is 18.6 Å². The molecule has 0 aromatic heterocycles. The fourth-order valence-electron chi connectivity index (χ4n) is 1.30. The van der Waals surface area contributed by atoms with Crippen LogP contribution in [0.1, 0.15) is 13.3 Å². The molecule has 6 nitrogen and oxygen atoms in total. The topological polar surface area (TPSA) is 87.6 Å². The summed E-state index contributed by atoms with van der Waals surface area (Å²) in [5.74, 6) is 0.417. The Balaban J connectivity index is 2.99. The fraction of sp³-hybridized carbons (Fsp3) is 0.455. The summed E-state index contributed by atoms with van der Waals surface area (Å²) in [4.78, 5) is 10.5. The molecule has 0 aliphatic heterocycles. The van der Waals surface area contributed by atoms with Crippen LogP contribution in [-0.4, -0.2) is 24.7 Å². The largest absolute Gasteiger partial charge is 0.487 e. The van der Waals surface area contributed by atoms with Crippen molar-refractivity contribution >= 4 is 5.69 Å². The summed E-state index contributed by atoms with van der Waals surface area (Å²) in [5, 5.41) is 11.0. The number of ether oxygens (including phenoxy) is 2. The highest BCUT2D eigenvalue weighted by Gasteiger charge is 2.22. The van der Waals surface area contributed by atoms with Gasteiger partial charge in [0.05, 0.1) is 11.5 Å². The van der Waals surface area contributed by atoms with Crippen molar-refractivity contribution < 1.29 is 14.4 Å². The zero-order valence-electron chi connectivity index (χ0n) is 9.72. The highest BCUT2D eigenvalue weighted by atomic mass is 16.6. The van der Waals surface area contributed by atoms with Crippen LogP contribution in [0.2, 0.25) is 0 Å². The van der Waals surface area contributed by atoms with Gasteiger partial charge in [-0.2, -0.15) is 0 Å². The number of para-hydroxylation sites is 1. The second-order valence-electron chi connectivity index (χ2n) is 3.35. The molecule has 0 amide bonds. The van der Waals surface area contributed by atoms with E-state index >= 15 is 0 Å². The van der Waals surface area contributed by atoms with Gasteiger partial charge >= 0.3 is 5.69 Å². The Morgan fingerprint density at radius 1 is 1.29 bits per heavy atom. The van der Waals surface area contributed by atoms with E-state index in [1.165, 1.54) is 6.07 Å². The minimum Gasteiger partial charge on any atom is -0.487 e. The van der Waals surface area contributed by atoms with Crippen LogP contribution in [0, 0.1) is 10.1 Å². The molecule has 1 rings (SSSR count). The van der Waals surface area contributed by atoms with E-state index in [0.29, 0.717) is 13.2 Å². The number of nitrogens with zero attached hydrogens (tertiary/aromatic N) is 1. The van der Waals surface area contributed by atoms with Gasteiger partial charge in [-0.1, -0.05) is 13.0 Å². The molecule has 1 aromatic carbocycles. The van der Waals surface area contributed by atoms with E-state index < -0.39 is 4.92 Å². The Labute approximate surface area is 99.5 Å². The Kier molecular flexibility index (Phi) is 5.22. The predicted molar refractivity (Wildman–Crippen MR) is 63.4 cm³/mol. The SMILES string of the molecule is CCCOc1cccc(OCCN)c1[N+](=O)[O-]. The van der Waals surface area contributed by atoms with Crippen molar-refractivity contribution in [3.8, 4) is 11.5 Å². The average Bonchev–Trinajstić information content (AvgIpc) is 2.33. The van der Waals surface area contributed by atoms with Gasteiger partial charge in [-0.3, -0.25) is 10.1 Å². The summed E-state index contributed by atoms with van der Waals surface area (Å²) >= 11 is 0. The Hall–Kier alpha value is -1.82. The Morgan fingerprint density at radius 3 is 2.35 bits per heavy atom. The van der Waals surface area contributed by atoms with Crippen molar-refractivity contribution in [1.29, 1.82) is 0 Å². The van der Waals surface area contributed by atoms with Gasteiger partial charge in [-0.25, -0.2) is 0 Å². The maximum absolute atomic E-state index is 11.0. The molecule has 0 heterocycles. The third kappa shape index (κ3) is 3.60. The highest BCUT2D eigenvalue weighted by Crippen LogP contribution is 2.36. The second-order valence-corrected chi connectivity index (χ2v) is 3.35. The van der Waals surface area contributed by atoms with E-state index in [1.54, 1.807) is 12.1 Å². The maximum Gasteiger partial charge on any atom is 0.352 e. The first-order valence-electron chi connectivity index (χ1n) is 5.43. The first-order chi connectivity index (χ1) is 8.20. The predicted octanol–water partition coefficient (Wildman–Crippen LogP) is 1.72. The van der Waals surface area contributed by atoms with Crippen LogP contribution in [0.3, 0.4) is 0 Å². The van der Waals surface area contributed by atoms with Crippen molar-refractivity contribution in [2.75, 3.05) is 19.8 Å². The van der Waals surface area contributed by atoms with Crippen LogP contribution in [0.5, 0.6) is 11.5 Å². The quantitative estimate of drug-likeness (QED) is 0.579. The van der Waals surface area contributed by atoms with Gasteiger partial charge in [0.1, 0.15) is 6.61 Å². The second kappa shape index (κ2) is 6.70. The molecule has 0 spiro atoms. The Morgan fingerprint density at radius 2 is 1.88 bits per heavy atom. The molecule has 94 valence electrons. The van der Waals surface area contributed by atoms with Crippen molar-refractivity contribution in [2.24, 2.45) is 5.73 Å². The van der Waals surface area contributed by atoms with Crippen LogP contribution in [0.25, 0.3) is 0 Å². The first-order valence-corrected chi connectivity index (χ1v) is 5.43. The van der Waals surface area contributed by atoms with Gasteiger partial charge in [0.15, 0.2) is 0 Å². The standard InChI is InChI=1S/C11H16N2O4/c1-2-7-16-9-4-3-5-10(17-8-6-12)11(9)13(14)15/h3-5H,2,6-8,12H2,1H3. The lowest BCUT2D eigenvalue weighted by molar-refractivity contribution is -0.386. The third-order valence-electron chi connectivity index (χ3n) is 1.98. The minimum absolute atomic E-state index is 0.144. The van der Waals surface area contributed by atoms with Gasteiger partial charge in [-0.15, -0.1) is 0 Å². The zero-order valence-corrected chi connectivity index (χ0v) is 9.72. The number of hydrogen-bond donors (Lipinski definition) is 1. The van der Waals surface area contributed by atoms with Gasteiger partial charge < -0.3 is 15.2 Å². The number of hydrogen-bond acceptors (Lipinski definition) is 5. The molecule has 0 aliphatic carbocycles. The van der Waals surface area contributed by atoms with E-state index in [4.69, 9.17) is 15.2 Å². The summed E-state index contributed by atoms with van der Waals surface area (Å²) in [6, 6.07) is 4.75. The third-order valence-corrected chi connectivity index (χ3v) is 1.98. The molecular formula is C11H16N2O4. The van der Waals surface area contributed by atoms with Crippen LogP contribution < -0.4 is 15.2 Å². The van der Waals surface area contributed by atoms with Crippen LogP contribution in [0.15, 0.2) is 18.2 Å². The number of benzene rings is 1. The molecule has 0 saturated carbocycles. The van der Waals surface area contributed by atoms with Crippen LogP contribution >= 0.6 is 0 Å². The number of rotatable bonds is 7. The highest BCUT2D eigenvalue weighted by molar-refractivity contribution is 5.57. The van der Waals surface area contributed by atoms with Crippen LogP contribution in [0.4, 0.5) is 5.69 Å². The summed E-state index contributed by atoms with van der Waals surface area (Å²) < 4.78 is 10.5. The lowest BCUT2D eigenvalue weighted by Crippen LogP contribution is -2.11. The van der Waals surface area contributed by atoms with Crippen LogP contribution in [-0.2, 0) is 0 Å². The number of nitrogens with two attached hydrogens (primary N) is 1. The summed E-state index contributed by atoms with van der Waals surface area (Å²) in [5.41, 5.74) is 5.15. The Bertz CT molecular complexity index is 355. The fourth-order valence-corrected chi connectivity index (χ4v) is 1.30. The van der Waals surface area contributed by atoms with Gasteiger partial charge in [0.2, 0.25) is 11.5 Å². The zero-order chi connectivity index (χ0) is 12.7. The maximum atomic E-state index is 11.0. The van der Waals surface area contributed by atoms with E-state index in [-0.39, 0.29) is 23.8 Å².